The highest BCUT2D eigenvalue weighted by Gasteiger charge is 2.35. The Bertz CT molecular complexity index is 5050. The fourth-order valence-electron chi connectivity index (χ4n) is 12.3. The minimum absolute atomic E-state index is 0.189. The van der Waals surface area contributed by atoms with Crippen LogP contribution in [-0.2, 0) is 4.79 Å². The summed E-state index contributed by atoms with van der Waals surface area (Å²) in [5.41, 5.74) is 4.31. The van der Waals surface area contributed by atoms with E-state index in [0.717, 1.165) is 25.1 Å². The summed E-state index contributed by atoms with van der Waals surface area (Å²) in [4.78, 5) is 109. The SMILES string of the molecule is Cc1cc(-c2ccc(-c3ccc(-c4cc5c6c(ccc7c8c(C#N)cc9c%10c(ccc(c4c67)c%108)C(=O)NC9=O)C(=O)NC5=O)s3)s2)c2c3ccc4c5c(cc(C#N)c(c6ccc(C(=O)NC=O)c1c62)c53)C(=O)NC4=O. The third-order valence-corrected chi connectivity index (χ3v) is 17.6. The Labute approximate surface area is 427 Å². The van der Waals surface area contributed by atoms with Crippen LogP contribution in [0.5, 0.6) is 0 Å². The fraction of sp³-hybridized carbons (Fsp3) is 0.0169. The van der Waals surface area contributed by atoms with E-state index in [0.29, 0.717) is 109 Å². The van der Waals surface area contributed by atoms with Crippen molar-refractivity contribution in [1.29, 1.82) is 10.5 Å². The molecule has 10 aromatic carbocycles. The van der Waals surface area contributed by atoms with Gasteiger partial charge in [-0.15, -0.1) is 22.7 Å². The van der Waals surface area contributed by atoms with E-state index in [1.54, 1.807) is 48.5 Å². The molecule has 14 nitrogen and oxygen atoms in total. The average Bonchev–Trinajstić information content (AvgIpc) is 4.23. The van der Waals surface area contributed by atoms with Gasteiger partial charge in [-0.05, 0) is 134 Å². The largest absolute Gasteiger partial charge is 0.295 e. The number of benzene rings is 10. The highest BCUT2D eigenvalue weighted by Crippen LogP contribution is 2.53. The molecule has 2 aromatic heterocycles. The van der Waals surface area contributed by atoms with E-state index < -0.39 is 41.4 Å². The van der Waals surface area contributed by atoms with Gasteiger partial charge in [-0.3, -0.25) is 59.6 Å². The van der Waals surface area contributed by atoms with Gasteiger partial charge in [-0.1, -0.05) is 24.3 Å². The summed E-state index contributed by atoms with van der Waals surface area (Å²) in [7, 11) is 0. The second-order valence-corrected chi connectivity index (χ2v) is 21.0. The molecule has 0 fully saturated rings. The Hall–Kier alpha value is -10.3. The van der Waals surface area contributed by atoms with Crippen molar-refractivity contribution in [2.45, 2.75) is 6.92 Å². The molecule has 12 aromatic rings. The lowest BCUT2D eigenvalue weighted by Gasteiger charge is -2.25. The first-order valence-electron chi connectivity index (χ1n) is 23.2. The van der Waals surface area contributed by atoms with Gasteiger partial charge in [0.15, 0.2) is 0 Å². The fourth-order valence-corrected chi connectivity index (χ4v) is 14.5. The quantitative estimate of drug-likeness (QED) is 0.0551. The molecule has 0 bridgehead atoms. The molecule has 3 aliphatic heterocycles. The van der Waals surface area contributed by atoms with E-state index >= 15 is 0 Å². The van der Waals surface area contributed by atoms with E-state index in [1.807, 2.05) is 43.3 Å². The van der Waals surface area contributed by atoms with Gasteiger partial charge in [-0.25, -0.2) is 0 Å². The molecule has 0 spiro atoms. The Morgan fingerprint density at radius 3 is 1.25 bits per heavy atom. The summed E-state index contributed by atoms with van der Waals surface area (Å²) in [6.45, 7) is 1.88. The lowest BCUT2D eigenvalue weighted by atomic mass is 9.79. The molecule has 8 amide bonds. The number of thiophene rings is 2. The smallest absolute Gasteiger partial charge is 0.258 e. The second kappa shape index (κ2) is 14.5. The van der Waals surface area contributed by atoms with Gasteiger partial charge in [0.05, 0.1) is 23.3 Å². The Kier molecular flexibility index (Phi) is 8.18. The van der Waals surface area contributed by atoms with Gasteiger partial charge in [0, 0.05) is 107 Å². The molecule has 3 aliphatic rings. The molecule has 0 atom stereocenters. The van der Waals surface area contributed by atoms with Gasteiger partial charge < -0.3 is 0 Å². The zero-order valence-electron chi connectivity index (χ0n) is 38.3. The number of rotatable bonds is 5. The van der Waals surface area contributed by atoms with Crippen LogP contribution in [0, 0.1) is 29.6 Å². The van der Waals surface area contributed by atoms with Crippen molar-refractivity contribution in [2.24, 2.45) is 0 Å². The molecule has 15 rings (SSSR count). The van der Waals surface area contributed by atoms with Crippen LogP contribution in [0.3, 0.4) is 0 Å². The lowest BCUT2D eigenvalue weighted by molar-refractivity contribution is -0.108. The van der Waals surface area contributed by atoms with Crippen molar-refractivity contribution in [1.82, 2.24) is 21.3 Å². The molecule has 350 valence electrons. The first-order chi connectivity index (χ1) is 36.4. The Morgan fingerprint density at radius 1 is 0.427 bits per heavy atom. The molecule has 75 heavy (non-hydrogen) atoms. The number of nitrogens with one attached hydrogen (secondary N) is 4. The normalized spacial score (nSPS) is 14.0. The van der Waals surface area contributed by atoms with Gasteiger partial charge in [0.1, 0.15) is 0 Å². The molecule has 0 saturated carbocycles. The van der Waals surface area contributed by atoms with Crippen LogP contribution < -0.4 is 21.3 Å². The van der Waals surface area contributed by atoms with Crippen molar-refractivity contribution in [3.63, 3.8) is 0 Å². The molecular weight excluding hydrogens is 985 g/mol. The third-order valence-electron chi connectivity index (χ3n) is 15.2. The van der Waals surface area contributed by atoms with Gasteiger partial charge in [-0.2, -0.15) is 10.5 Å². The highest BCUT2D eigenvalue weighted by molar-refractivity contribution is 7.25. The predicted molar refractivity (Wildman–Crippen MR) is 284 cm³/mol. The first kappa shape index (κ1) is 42.4. The second-order valence-electron chi connectivity index (χ2n) is 18.8. The number of carbonyl (C=O) groups excluding carboxylic acids is 8. The molecule has 0 aliphatic carbocycles. The molecule has 5 heterocycles. The van der Waals surface area contributed by atoms with Crippen molar-refractivity contribution >= 4 is 157 Å². The van der Waals surface area contributed by atoms with Crippen LogP contribution in [-0.4, -0.2) is 47.8 Å². The number of amides is 8. The summed E-state index contributed by atoms with van der Waals surface area (Å²) >= 11 is 2.97. The average molecular weight is 1010 g/mol. The Morgan fingerprint density at radius 2 is 0.800 bits per heavy atom. The topological polar surface area (TPSA) is 232 Å². The van der Waals surface area contributed by atoms with Crippen molar-refractivity contribution < 1.29 is 38.4 Å². The number of nitrogens with zero attached hydrogens (tertiary/aromatic N) is 2. The van der Waals surface area contributed by atoms with Crippen LogP contribution in [0.2, 0.25) is 0 Å². The zero-order chi connectivity index (χ0) is 51.2. The van der Waals surface area contributed by atoms with Gasteiger partial charge >= 0.3 is 0 Å². The summed E-state index contributed by atoms with van der Waals surface area (Å²) in [6.07, 6.45) is 0.327. The van der Waals surface area contributed by atoms with Crippen LogP contribution in [0.4, 0.5) is 0 Å². The maximum atomic E-state index is 13.9. The van der Waals surface area contributed by atoms with E-state index in [-0.39, 0.29) is 44.5 Å². The molecule has 0 saturated heterocycles. The van der Waals surface area contributed by atoms with E-state index in [2.05, 4.69) is 33.4 Å². The summed E-state index contributed by atoms with van der Waals surface area (Å²) in [5.74, 6) is -4.11. The molecule has 16 heteroatoms. The number of hydrogen-bond donors (Lipinski definition) is 4. The molecule has 4 N–H and O–H groups in total. The first-order valence-corrected chi connectivity index (χ1v) is 24.9. The Balaban J connectivity index is 0.980. The van der Waals surface area contributed by atoms with Crippen LogP contribution in [0.15, 0.2) is 97.1 Å². The third kappa shape index (κ3) is 5.27. The zero-order valence-corrected chi connectivity index (χ0v) is 39.9. The van der Waals surface area contributed by atoms with Gasteiger partial charge in [0.2, 0.25) is 6.41 Å². The van der Waals surface area contributed by atoms with Gasteiger partial charge in [0.25, 0.3) is 41.4 Å². The summed E-state index contributed by atoms with van der Waals surface area (Å²) < 4.78 is 0. The number of fused-ring (bicyclic) bond motifs is 4. The monoisotopic (exact) mass is 1010 g/mol. The number of carbonyl (C=O) groups is 8. The molecule has 0 unspecified atom stereocenters. The standard InChI is InChI=1S/C59H24N6O8S2/c1-21-14-32(44-26-4-8-29-46-34(57(71)63-54(29)68)15-22(18-60)42(50(26)46)24-2-6-28(41(21)49(24)44)53(67)62-20-66)37-10-12-39(74-37)40-13-11-38(75-40)33-17-36-48-31(56(70)65-59(36)73)7-3-25-43-23(19-61)16-35-47-30(55(69)64-58(35)72)9-5-27(51(43)47)45(33)52(25)48/h2-17,20H,1H3,(H,62,66,67)(H,63,68,71)(H,64,69,72)(H,65,70,73). The van der Waals surface area contributed by atoms with Crippen molar-refractivity contribution in [3.8, 4) is 42.8 Å². The maximum absolute atomic E-state index is 13.9. The van der Waals surface area contributed by atoms with Crippen molar-refractivity contribution in [2.75, 3.05) is 0 Å². The minimum atomic E-state index is -0.622. The molecular formula is C59H24N6O8S2. The number of imide groups is 4. The number of nitriles is 2. The van der Waals surface area contributed by atoms with Crippen LogP contribution >= 0.6 is 22.7 Å². The van der Waals surface area contributed by atoms with Crippen LogP contribution in [0.25, 0.3) is 117 Å². The minimum Gasteiger partial charge on any atom is -0.295 e. The lowest BCUT2D eigenvalue weighted by Crippen LogP contribution is -2.35. The van der Waals surface area contributed by atoms with Crippen LogP contribution in [0.1, 0.15) is 89.2 Å². The number of hydrogen-bond acceptors (Lipinski definition) is 12. The number of aryl methyl sites for hydroxylation is 1. The summed E-state index contributed by atoms with van der Waals surface area (Å²) in [6, 6.07) is 32.9. The predicted octanol–water partition coefficient (Wildman–Crippen LogP) is 10.5. The van der Waals surface area contributed by atoms with Crippen molar-refractivity contribution in [3.05, 3.63) is 153 Å². The maximum Gasteiger partial charge on any atom is 0.258 e. The molecule has 0 radical (unpaired) electrons. The van der Waals surface area contributed by atoms with E-state index in [1.165, 1.54) is 34.8 Å². The van der Waals surface area contributed by atoms with E-state index in [4.69, 9.17) is 0 Å². The summed E-state index contributed by atoms with van der Waals surface area (Å²) in [5, 5.41) is 39.9. The highest BCUT2D eigenvalue weighted by atomic mass is 32.1. The van der Waals surface area contributed by atoms with E-state index in [9.17, 15) is 48.9 Å².